The smallest absolute Gasteiger partial charge is 0.278 e. The second-order valence-electron chi connectivity index (χ2n) is 6.44. The number of nitrogens with zero attached hydrogens (tertiary/aromatic N) is 4. The van der Waals surface area contributed by atoms with Gasteiger partial charge < -0.3 is 0 Å². The Balaban J connectivity index is 1.76. The molecule has 3 aromatic carbocycles. The number of hydrazone groups is 1. The van der Waals surface area contributed by atoms with Crippen LogP contribution in [-0.2, 0) is 0 Å². The highest BCUT2D eigenvalue weighted by molar-refractivity contribution is 6.11. The van der Waals surface area contributed by atoms with Crippen LogP contribution in [-0.4, -0.2) is 25.8 Å². The third-order valence-corrected chi connectivity index (χ3v) is 4.37. The van der Waals surface area contributed by atoms with Crippen LogP contribution in [0.1, 0.15) is 11.3 Å². The molecule has 0 radical (unpaired) electrons. The fourth-order valence-corrected chi connectivity index (χ4v) is 2.84. The van der Waals surface area contributed by atoms with E-state index in [9.17, 15) is 14.9 Å². The molecule has 1 aromatic heterocycles. The number of benzene rings is 3. The first-order valence-electron chi connectivity index (χ1n) is 9.28. The molecule has 0 aliphatic rings. The highest BCUT2D eigenvalue weighted by Gasteiger charge is 2.16. The summed E-state index contributed by atoms with van der Waals surface area (Å²) < 4.78 is 0. The molecule has 0 spiro atoms. The third kappa shape index (κ3) is 4.51. The SMILES string of the molecule is O=c1[nH]nc(-c2ccccc2)nc1/C(=N/Nc1ccc([N+](=O)[O-])cc1)c1ccccc1. The van der Waals surface area contributed by atoms with Gasteiger partial charge in [-0.2, -0.15) is 10.2 Å². The van der Waals surface area contributed by atoms with Crippen LogP contribution in [0, 0.1) is 10.1 Å². The minimum absolute atomic E-state index is 0.0300. The van der Waals surface area contributed by atoms with Gasteiger partial charge in [0.05, 0.1) is 10.6 Å². The topological polar surface area (TPSA) is 126 Å². The molecule has 4 aromatic rings. The zero-order valence-electron chi connectivity index (χ0n) is 16.1. The molecular weight excluding hydrogens is 396 g/mol. The van der Waals surface area contributed by atoms with E-state index in [1.807, 2.05) is 48.5 Å². The molecule has 9 heteroatoms. The number of nitro groups is 1. The summed E-state index contributed by atoms with van der Waals surface area (Å²) >= 11 is 0. The van der Waals surface area contributed by atoms with Crippen molar-refractivity contribution in [2.75, 3.05) is 5.43 Å². The molecule has 0 atom stereocenters. The van der Waals surface area contributed by atoms with Crippen LogP contribution < -0.4 is 11.0 Å². The second-order valence-corrected chi connectivity index (χ2v) is 6.44. The molecule has 0 fully saturated rings. The lowest BCUT2D eigenvalue weighted by atomic mass is 10.1. The summed E-state index contributed by atoms with van der Waals surface area (Å²) in [6.07, 6.45) is 0. The molecule has 0 aliphatic carbocycles. The molecule has 0 unspecified atom stereocenters. The molecule has 1 heterocycles. The van der Waals surface area contributed by atoms with E-state index in [1.54, 1.807) is 12.1 Å². The highest BCUT2D eigenvalue weighted by Crippen LogP contribution is 2.17. The number of non-ortho nitro benzene ring substituents is 1. The van der Waals surface area contributed by atoms with Crippen molar-refractivity contribution in [3.05, 3.63) is 117 Å². The van der Waals surface area contributed by atoms with Crippen LogP contribution in [0.5, 0.6) is 0 Å². The molecular formula is C22H16N6O3. The second kappa shape index (κ2) is 8.78. The Morgan fingerprint density at radius 2 is 1.58 bits per heavy atom. The number of nitro benzene ring substituents is 1. The monoisotopic (exact) mass is 412 g/mol. The molecule has 0 saturated carbocycles. The Morgan fingerprint density at radius 3 is 2.23 bits per heavy atom. The van der Waals surface area contributed by atoms with Gasteiger partial charge >= 0.3 is 0 Å². The van der Waals surface area contributed by atoms with E-state index >= 15 is 0 Å². The summed E-state index contributed by atoms with van der Waals surface area (Å²) in [5, 5.41) is 21.8. The molecule has 9 nitrogen and oxygen atoms in total. The van der Waals surface area contributed by atoms with Crippen molar-refractivity contribution in [1.29, 1.82) is 0 Å². The quantitative estimate of drug-likeness (QED) is 0.283. The Morgan fingerprint density at radius 1 is 0.935 bits per heavy atom. The number of rotatable bonds is 6. The van der Waals surface area contributed by atoms with Gasteiger partial charge in [-0.25, -0.2) is 10.1 Å². The first kappa shape index (κ1) is 19.6. The number of anilines is 1. The van der Waals surface area contributed by atoms with Crippen molar-refractivity contribution >= 4 is 17.1 Å². The summed E-state index contributed by atoms with van der Waals surface area (Å²) in [7, 11) is 0. The van der Waals surface area contributed by atoms with Gasteiger partial charge in [0.1, 0.15) is 5.71 Å². The average molecular weight is 412 g/mol. The fourth-order valence-electron chi connectivity index (χ4n) is 2.84. The lowest BCUT2D eigenvalue weighted by Crippen LogP contribution is -2.24. The van der Waals surface area contributed by atoms with Crippen LogP contribution in [0.25, 0.3) is 11.4 Å². The van der Waals surface area contributed by atoms with Crippen LogP contribution in [0.2, 0.25) is 0 Å². The molecule has 152 valence electrons. The van der Waals surface area contributed by atoms with Crippen molar-refractivity contribution in [2.45, 2.75) is 0 Å². The van der Waals surface area contributed by atoms with E-state index in [-0.39, 0.29) is 11.4 Å². The van der Waals surface area contributed by atoms with Gasteiger partial charge in [0.25, 0.3) is 11.2 Å². The van der Waals surface area contributed by atoms with Crippen molar-refractivity contribution < 1.29 is 4.92 Å². The molecule has 0 saturated heterocycles. The number of aromatic nitrogens is 3. The van der Waals surface area contributed by atoms with Gasteiger partial charge in [0.15, 0.2) is 11.5 Å². The Kier molecular flexibility index (Phi) is 5.57. The average Bonchev–Trinajstić information content (AvgIpc) is 2.82. The predicted octanol–water partition coefficient (Wildman–Crippen LogP) is 3.60. The van der Waals surface area contributed by atoms with Crippen LogP contribution in [0.15, 0.2) is 94.8 Å². The number of hydrogen-bond donors (Lipinski definition) is 2. The standard InChI is InChI=1S/C22H16N6O3/c29-22-20(23-21(26-27-22)16-9-5-2-6-10-16)19(15-7-3-1-4-8-15)25-24-17-11-13-18(14-12-17)28(30)31/h1-14,24H,(H,27,29)/b25-19+. The van der Waals surface area contributed by atoms with Gasteiger partial charge in [0, 0.05) is 23.3 Å². The number of hydrogen-bond acceptors (Lipinski definition) is 7. The largest absolute Gasteiger partial charge is 0.292 e. The van der Waals surface area contributed by atoms with E-state index < -0.39 is 10.5 Å². The molecule has 0 aliphatic heterocycles. The molecule has 2 N–H and O–H groups in total. The first-order chi connectivity index (χ1) is 15.1. The summed E-state index contributed by atoms with van der Waals surface area (Å²) in [6.45, 7) is 0. The summed E-state index contributed by atoms with van der Waals surface area (Å²) in [5.74, 6) is 0.356. The first-order valence-corrected chi connectivity index (χ1v) is 9.28. The maximum absolute atomic E-state index is 12.6. The van der Waals surface area contributed by atoms with Crippen molar-refractivity contribution in [1.82, 2.24) is 15.2 Å². The zero-order chi connectivity index (χ0) is 21.6. The number of H-pyrrole nitrogens is 1. The van der Waals surface area contributed by atoms with Gasteiger partial charge in [-0.15, -0.1) is 0 Å². The molecule has 0 bridgehead atoms. The maximum Gasteiger partial charge on any atom is 0.292 e. The Labute approximate surface area is 176 Å². The molecule has 4 rings (SSSR count). The molecule has 31 heavy (non-hydrogen) atoms. The molecule has 0 amide bonds. The fraction of sp³-hybridized carbons (Fsp3) is 0. The minimum Gasteiger partial charge on any atom is -0.278 e. The summed E-state index contributed by atoms with van der Waals surface area (Å²) in [5.41, 5.74) is 4.66. The highest BCUT2D eigenvalue weighted by atomic mass is 16.6. The Bertz CT molecular complexity index is 1290. The Hall–Kier alpha value is -4.66. The number of aromatic amines is 1. The van der Waals surface area contributed by atoms with Gasteiger partial charge in [-0.05, 0) is 12.1 Å². The normalized spacial score (nSPS) is 11.2. The lowest BCUT2D eigenvalue weighted by Gasteiger charge is -2.08. The van der Waals surface area contributed by atoms with E-state index in [0.717, 1.165) is 5.56 Å². The third-order valence-electron chi connectivity index (χ3n) is 4.37. The zero-order valence-corrected chi connectivity index (χ0v) is 16.1. The van der Waals surface area contributed by atoms with E-state index in [4.69, 9.17) is 0 Å². The predicted molar refractivity (Wildman–Crippen MR) is 117 cm³/mol. The van der Waals surface area contributed by atoms with E-state index in [2.05, 4.69) is 25.7 Å². The van der Waals surface area contributed by atoms with Gasteiger partial charge in [0.2, 0.25) is 0 Å². The lowest BCUT2D eigenvalue weighted by molar-refractivity contribution is -0.384. The maximum atomic E-state index is 12.6. The van der Waals surface area contributed by atoms with Gasteiger partial charge in [-0.1, -0.05) is 60.7 Å². The minimum atomic E-state index is -0.493. The van der Waals surface area contributed by atoms with Crippen molar-refractivity contribution in [3.63, 3.8) is 0 Å². The van der Waals surface area contributed by atoms with Crippen LogP contribution in [0.3, 0.4) is 0 Å². The van der Waals surface area contributed by atoms with Crippen LogP contribution in [0.4, 0.5) is 11.4 Å². The van der Waals surface area contributed by atoms with Crippen molar-refractivity contribution in [2.24, 2.45) is 5.10 Å². The van der Waals surface area contributed by atoms with E-state index in [0.29, 0.717) is 22.8 Å². The van der Waals surface area contributed by atoms with Gasteiger partial charge in [-0.3, -0.25) is 20.3 Å². The summed E-state index contributed by atoms with van der Waals surface area (Å²) in [4.78, 5) is 27.4. The number of nitrogens with one attached hydrogen (secondary N) is 2. The van der Waals surface area contributed by atoms with Crippen molar-refractivity contribution in [3.8, 4) is 11.4 Å². The van der Waals surface area contributed by atoms with E-state index in [1.165, 1.54) is 24.3 Å². The summed E-state index contributed by atoms with van der Waals surface area (Å²) in [6, 6.07) is 24.2. The van der Waals surface area contributed by atoms with Crippen LogP contribution >= 0.6 is 0 Å².